The molecule has 0 bridgehead atoms. The summed E-state index contributed by atoms with van der Waals surface area (Å²) in [5, 5.41) is 7.11. The smallest absolute Gasteiger partial charge is 0.258 e. The molecule has 6 aromatic carbocycles. The van der Waals surface area contributed by atoms with Crippen molar-refractivity contribution in [2.24, 2.45) is 0 Å². The molecule has 374 valence electrons. The maximum absolute atomic E-state index is 13.6. The van der Waals surface area contributed by atoms with Crippen molar-refractivity contribution in [3.8, 4) is 23.0 Å². The Morgan fingerprint density at radius 3 is 1.44 bits per heavy atom. The summed E-state index contributed by atoms with van der Waals surface area (Å²) in [4.78, 5) is 30.7. The highest BCUT2D eigenvalue weighted by Gasteiger charge is 2.35. The number of nitrogens with zero attached hydrogens (tertiary/aromatic N) is 2. The Kier molecular flexibility index (Phi) is 15.2. The van der Waals surface area contributed by atoms with Crippen LogP contribution in [0.5, 0.6) is 23.0 Å². The molecule has 10 rings (SSSR count). The van der Waals surface area contributed by atoms with Crippen LogP contribution >= 0.6 is 0 Å². The predicted octanol–water partition coefficient (Wildman–Crippen LogP) is 13.8. The standard InChI is InChI=1S/C33H36N2O4.C28H26N2O4/c1-21(2)26-12-8-13-27(22(3)4)31(26)39-20-24-18-23(15-16-30(24)37-5)32-34-29-14-7-6-11-28(29)33(36)35(32)19-25-10-9-17-38-25;1-19-8-3-6-12-25(19)34-18-21-16-20(13-14-26(21)32-2)27-29-24-11-5-4-10-23(24)28(31)30(27)17-22-9-7-15-33-22/h6-18,21-22,32,34H,19-20H2,1-5H3;3-16,27,29H,17-18H2,1-2H3. The zero-order valence-corrected chi connectivity index (χ0v) is 42.4. The molecule has 0 radical (unpaired) electrons. The zero-order chi connectivity index (χ0) is 51.0. The average molecular weight is 979 g/mol. The number of methoxy groups -OCH3 is 2. The number of ether oxygens (including phenoxy) is 4. The molecule has 2 aromatic heterocycles. The Morgan fingerprint density at radius 1 is 0.521 bits per heavy atom. The molecule has 0 saturated heterocycles. The summed E-state index contributed by atoms with van der Waals surface area (Å²) in [6.45, 7) is 12.1. The third-order valence-electron chi connectivity index (χ3n) is 13.3. The maximum atomic E-state index is 13.6. The van der Waals surface area contributed by atoms with Gasteiger partial charge < -0.3 is 48.2 Å². The molecular weight excluding hydrogens is 917 g/mol. The molecule has 2 atom stereocenters. The molecular formula is C61H62N4O8. The van der Waals surface area contributed by atoms with Crippen LogP contribution in [-0.2, 0) is 26.3 Å². The summed E-state index contributed by atoms with van der Waals surface area (Å²) < 4.78 is 35.1. The average Bonchev–Trinajstić information content (AvgIpc) is 4.14. The van der Waals surface area contributed by atoms with E-state index in [0.29, 0.717) is 49.3 Å². The number of amides is 2. The Morgan fingerprint density at radius 2 is 0.986 bits per heavy atom. The Hall–Kier alpha value is -8.38. The number of furan rings is 2. The number of hydrogen-bond acceptors (Lipinski definition) is 10. The van der Waals surface area contributed by atoms with E-state index in [9.17, 15) is 9.59 Å². The summed E-state index contributed by atoms with van der Waals surface area (Å²) in [7, 11) is 3.32. The summed E-state index contributed by atoms with van der Waals surface area (Å²) in [6, 6.07) is 48.8. The van der Waals surface area contributed by atoms with Gasteiger partial charge in [-0.05, 0) is 125 Å². The van der Waals surface area contributed by atoms with Crippen LogP contribution in [0.25, 0.3) is 0 Å². The second-order valence-electron chi connectivity index (χ2n) is 18.8. The highest BCUT2D eigenvalue weighted by Crippen LogP contribution is 2.40. The van der Waals surface area contributed by atoms with Gasteiger partial charge >= 0.3 is 0 Å². The molecule has 2 amide bonds. The first-order valence-corrected chi connectivity index (χ1v) is 24.7. The fraction of sp³-hybridized carbons (Fsp3) is 0.246. The lowest BCUT2D eigenvalue weighted by Gasteiger charge is -2.38. The third kappa shape index (κ3) is 10.9. The molecule has 12 nitrogen and oxygen atoms in total. The fourth-order valence-electron chi connectivity index (χ4n) is 9.41. The Bertz CT molecular complexity index is 3140. The van der Waals surface area contributed by atoms with Gasteiger partial charge in [-0.15, -0.1) is 0 Å². The molecule has 4 heterocycles. The summed E-state index contributed by atoms with van der Waals surface area (Å²) >= 11 is 0. The van der Waals surface area contributed by atoms with Crippen molar-refractivity contribution in [3.63, 3.8) is 0 Å². The number of aryl methyl sites for hydroxylation is 1. The third-order valence-corrected chi connectivity index (χ3v) is 13.3. The van der Waals surface area contributed by atoms with Gasteiger partial charge in [-0.3, -0.25) is 9.59 Å². The summed E-state index contributed by atoms with van der Waals surface area (Å²) in [6.07, 6.45) is 2.48. The van der Waals surface area contributed by atoms with Crippen molar-refractivity contribution in [3.05, 3.63) is 226 Å². The monoisotopic (exact) mass is 978 g/mol. The number of para-hydroxylation sites is 4. The van der Waals surface area contributed by atoms with Crippen molar-refractivity contribution >= 4 is 23.2 Å². The minimum absolute atomic E-state index is 0.0493. The van der Waals surface area contributed by atoms with Crippen molar-refractivity contribution in [1.82, 2.24) is 9.80 Å². The van der Waals surface area contributed by atoms with Crippen molar-refractivity contribution in [2.75, 3.05) is 24.9 Å². The lowest BCUT2D eigenvalue weighted by atomic mass is 9.94. The van der Waals surface area contributed by atoms with Crippen LogP contribution in [0.2, 0.25) is 0 Å². The van der Waals surface area contributed by atoms with Gasteiger partial charge in [0.15, 0.2) is 0 Å². The van der Waals surface area contributed by atoms with Gasteiger partial charge in [-0.1, -0.05) is 100 Å². The Labute approximate surface area is 427 Å². The van der Waals surface area contributed by atoms with E-state index < -0.39 is 6.17 Å². The molecule has 2 aliphatic heterocycles. The van der Waals surface area contributed by atoms with Crippen molar-refractivity contribution in [1.29, 1.82) is 0 Å². The first-order chi connectivity index (χ1) is 35.5. The van der Waals surface area contributed by atoms with Gasteiger partial charge in [0.25, 0.3) is 11.8 Å². The number of carbonyl (C=O) groups excluding carboxylic acids is 2. The SMILES string of the molecule is COc1ccc(C2Nc3ccccc3C(=O)N2Cc2ccco2)cc1COc1c(C(C)C)cccc1C(C)C.COc1ccc(C2Nc3ccccc3C(=O)N2Cc2ccco2)cc1COc1ccccc1C. The van der Waals surface area contributed by atoms with Crippen LogP contribution in [0.4, 0.5) is 11.4 Å². The molecule has 0 spiro atoms. The number of hydrogen-bond donors (Lipinski definition) is 2. The lowest BCUT2D eigenvalue weighted by molar-refractivity contribution is 0.0644. The molecule has 0 saturated carbocycles. The zero-order valence-electron chi connectivity index (χ0n) is 42.4. The van der Waals surface area contributed by atoms with Crippen LogP contribution in [0.1, 0.15) is 123 Å². The topological polar surface area (TPSA) is 128 Å². The second-order valence-corrected chi connectivity index (χ2v) is 18.8. The molecule has 2 unspecified atom stereocenters. The number of rotatable bonds is 16. The highest BCUT2D eigenvalue weighted by atomic mass is 16.5. The van der Waals surface area contributed by atoms with Crippen LogP contribution < -0.4 is 29.6 Å². The summed E-state index contributed by atoms with van der Waals surface area (Å²) in [5.41, 5.74) is 10.0. The number of nitrogens with one attached hydrogen (secondary N) is 2. The first kappa shape index (κ1) is 49.6. The van der Waals surface area contributed by atoms with Crippen LogP contribution in [0, 0.1) is 6.92 Å². The van der Waals surface area contributed by atoms with E-state index >= 15 is 0 Å². The van der Waals surface area contributed by atoms with E-state index in [0.717, 1.165) is 73.7 Å². The molecule has 73 heavy (non-hydrogen) atoms. The van der Waals surface area contributed by atoms with Crippen molar-refractivity contribution in [2.45, 2.75) is 85.1 Å². The molecule has 12 heteroatoms. The van der Waals surface area contributed by atoms with Gasteiger partial charge in [0.1, 0.15) is 60.1 Å². The predicted molar refractivity (Wildman–Crippen MR) is 283 cm³/mol. The second kappa shape index (κ2) is 22.4. The highest BCUT2D eigenvalue weighted by molar-refractivity contribution is 6.02. The molecule has 2 N–H and O–H groups in total. The number of fused-ring (bicyclic) bond motifs is 2. The minimum Gasteiger partial charge on any atom is -0.496 e. The van der Waals surface area contributed by atoms with Gasteiger partial charge in [-0.25, -0.2) is 0 Å². The van der Waals surface area contributed by atoms with Crippen LogP contribution in [-0.4, -0.2) is 35.8 Å². The lowest BCUT2D eigenvalue weighted by Crippen LogP contribution is -2.42. The van der Waals surface area contributed by atoms with E-state index in [1.165, 1.54) is 11.1 Å². The molecule has 2 aliphatic rings. The van der Waals surface area contributed by atoms with Gasteiger partial charge in [0.05, 0.1) is 51.0 Å². The number of benzene rings is 6. The van der Waals surface area contributed by atoms with Gasteiger partial charge in [0, 0.05) is 22.5 Å². The number of carbonyl (C=O) groups is 2. The van der Waals surface area contributed by atoms with E-state index in [4.69, 9.17) is 27.8 Å². The van der Waals surface area contributed by atoms with Crippen LogP contribution in [0.15, 0.2) is 173 Å². The van der Waals surface area contributed by atoms with E-state index in [-0.39, 0.29) is 18.0 Å². The first-order valence-electron chi connectivity index (χ1n) is 24.7. The summed E-state index contributed by atoms with van der Waals surface area (Å²) in [5.74, 6) is 5.25. The van der Waals surface area contributed by atoms with E-state index in [2.05, 4.69) is 62.6 Å². The van der Waals surface area contributed by atoms with Crippen molar-refractivity contribution < 1.29 is 37.4 Å². The minimum atomic E-state index is -0.392. The normalized spacial score (nSPS) is 14.9. The quantitative estimate of drug-likeness (QED) is 0.0966. The van der Waals surface area contributed by atoms with Crippen LogP contribution in [0.3, 0.4) is 0 Å². The van der Waals surface area contributed by atoms with E-state index in [1.807, 2.05) is 134 Å². The Balaban J connectivity index is 0.000000181. The largest absolute Gasteiger partial charge is 0.496 e. The number of anilines is 2. The maximum Gasteiger partial charge on any atom is 0.258 e. The molecule has 0 fully saturated rings. The van der Waals surface area contributed by atoms with E-state index in [1.54, 1.807) is 36.5 Å². The van der Waals surface area contributed by atoms with Gasteiger partial charge in [0.2, 0.25) is 0 Å². The molecule has 8 aromatic rings. The van der Waals surface area contributed by atoms with Gasteiger partial charge in [-0.2, -0.15) is 0 Å². The fourth-order valence-corrected chi connectivity index (χ4v) is 9.41. The molecule has 0 aliphatic carbocycles.